The molecule has 0 fully saturated rings. The summed E-state index contributed by atoms with van der Waals surface area (Å²) in [7, 11) is 0. The predicted molar refractivity (Wildman–Crippen MR) is 76.7 cm³/mol. The molecule has 0 bridgehead atoms. The molecular weight excluding hydrogens is 328 g/mol. The van der Waals surface area contributed by atoms with Crippen LogP contribution in [-0.4, -0.2) is 27.9 Å². The molecule has 1 aliphatic heterocycles. The van der Waals surface area contributed by atoms with Crippen molar-refractivity contribution >= 4 is 39.5 Å². The van der Waals surface area contributed by atoms with E-state index < -0.39 is 17.8 Å². The number of halogens is 1. The minimum absolute atomic E-state index is 0.00574. The fraction of sp³-hybridized carbons (Fsp3) is 0.308. The van der Waals surface area contributed by atoms with Crippen LogP contribution in [-0.2, 0) is 4.74 Å². The summed E-state index contributed by atoms with van der Waals surface area (Å²) in [6.07, 6.45) is -0.609. The molecule has 0 aliphatic carbocycles. The summed E-state index contributed by atoms with van der Waals surface area (Å²) in [5.41, 5.74) is 0.311. The molecule has 106 valence electrons. The summed E-state index contributed by atoms with van der Waals surface area (Å²) < 4.78 is 5.88. The van der Waals surface area contributed by atoms with Gasteiger partial charge in [-0.25, -0.2) is 14.6 Å². The summed E-state index contributed by atoms with van der Waals surface area (Å²) in [5.74, 6) is 0.00574. The van der Waals surface area contributed by atoms with E-state index in [-0.39, 0.29) is 5.82 Å². The lowest BCUT2D eigenvalue weighted by atomic mass is 9.94. The molecule has 1 aromatic rings. The van der Waals surface area contributed by atoms with E-state index in [1.54, 1.807) is 19.9 Å². The van der Waals surface area contributed by atoms with E-state index in [0.29, 0.717) is 26.9 Å². The quantitative estimate of drug-likeness (QED) is 0.779. The third-order valence-corrected chi connectivity index (χ3v) is 3.24. The average Bonchev–Trinajstić information content (AvgIpc) is 2.28. The Kier molecular flexibility index (Phi) is 3.56. The zero-order valence-corrected chi connectivity index (χ0v) is 12.6. The molecule has 0 saturated heterocycles. The number of imide groups is 1. The Bertz CT molecular complexity index is 612. The minimum Gasteiger partial charge on any atom is -0.464 e. The van der Waals surface area contributed by atoms with E-state index in [0.717, 1.165) is 0 Å². The van der Waals surface area contributed by atoms with Crippen LogP contribution >= 0.6 is 15.9 Å². The Hall–Kier alpha value is -1.89. The Balaban J connectivity index is 2.66. The fourth-order valence-electron chi connectivity index (χ4n) is 2.05. The zero-order chi connectivity index (χ0) is 15.1. The zero-order valence-electron chi connectivity index (χ0n) is 11.0. The van der Waals surface area contributed by atoms with Gasteiger partial charge in [0.25, 0.3) is 0 Å². The summed E-state index contributed by atoms with van der Waals surface area (Å²) >= 11 is 3.28. The van der Waals surface area contributed by atoms with Crippen molar-refractivity contribution < 1.29 is 19.4 Å². The molecule has 0 atom stereocenters. The number of hydrogen-bond donors (Lipinski definition) is 1. The number of amides is 2. The van der Waals surface area contributed by atoms with Gasteiger partial charge in [-0.2, -0.15) is 4.90 Å². The van der Waals surface area contributed by atoms with E-state index in [1.165, 1.54) is 6.20 Å². The standard InChI is InChI=1S/C13H13BrN2O4/c1-7-5-13(2,3)20-12(19)16(11(17)18)10-9(7)4-8(14)6-15-10/h4,6H,1,5H2,2-3H3,(H,17,18). The van der Waals surface area contributed by atoms with E-state index >= 15 is 0 Å². The highest BCUT2D eigenvalue weighted by Gasteiger charge is 2.37. The number of carbonyl (C=O) groups is 2. The van der Waals surface area contributed by atoms with Gasteiger partial charge in [0.2, 0.25) is 0 Å². The second-order valence-corrected chi connectivity index (χ2v) is 5.97. The van der Waals surface area contributed by atoms with Crippen LogP contribution in [0.15, 0.2) is 23.3 Å². The van der Waals surface area contributed by atoms with Gasteiger partial charge in [-0.15, -0.1) is 0 Å². The van der Waals surface area contributed by atoms with Crippen molar-refractivity contribution in [3.05, 3.63) is 28.9 Å². The highest BCUT2D eigenvalue weighted by Crippen LogP contribution is 2.36. The second kappa shape index (κ2) is 4.90. The van der Waals surface area contributed by atoms with Crippen LogP contribution < -0.4 is 4.90 Å². The average molecular weight is 341 g/mol. The summed E-state index contributed by atoms with van der Waals surface area (Å²) in [4.78, 5) is 27.9. The van der Waals surface area contributed by atoms with Gasteiger partial charge in [-0.05, 0) is 41.4 Å². The number of rotatable bonds is 0. The molecule has 2 heterocycles. The van der Waals surface area contributed by atoms with Crippen molar-refractivity contribution in [1.29, 1.82) is 0 Å². The molecule has 0 spiro atoms. The van der Waals surface area contributed by atoms with Gasteiger partial charge in [-0.3, -0.25) is 0 Å². The van der Waals surface area contributed by atoms with Gasteiger partial charge in [0.1, 0.15) is 5.60 Å². The summed E-state index contributed by atoms with van der Waals surface area (Å²) in [6.45, 7) is 7.34. The summed E-state index contributed by atoms with van der Waals surface area (Å²) in [5, 5.41) is 9.24. The number of nitrogens with zero attached hydrogens (tertiary/aromatic N) is 2. The number of carbonyl (C=O) groups excluding carboxylic acids is 1. The van der Waals surface area contributed by atoms with Crippen molar-refractivity contribution in [1.82, 2.24) is 4.98 Å². The predicted octanol–water partition coefficient (Wildman–Crippen LogP) is 3.66. The monoisotopic (exact) mass is 340 g/mol. The number of aromatic nitrogens is 1. The van der Waals surface area contributed by atoms with Crippen LogP contribution in [0, 0.1) is 0 Å². The van der Waals surface area contributed by atoms with Crippen molar-refractivity contribution in [3.63, 3.8) is 0 Å². The number of fused-ring (bicyclic) bond motifs is 1. The molecule has 20 heavy (non-hydrogen) atoms. The van der Waals surface area contributed by atoms with Crippen LogP contribution in [0.5, 0.6) is 0 Å². The number of cyclic esters (lactones) is 1. The van der Waals surface area contributed by atoms with Gasteiger partial charge >= 0.3 is 12.2 Å². The van der Waals surface area contributed by atoms with E-state index in [1.807, 2.05) is 0 Å². The van der Waals surface area contributed by atoms with Gasteiger partial charge in [0, 0.05) is 22.7 Å². The number of pyridine rings is 1. The van der Waals surface area contributed by atoms with Gasteiger partial charge in [-0.1, -0.05) is 6.58 Å². The van der Waals surface area contributed by atoms with Gasteiger partial charge in [0.15, 0.2) is 5.82 Å². The topological polar surface area (TPSA) is 79.7 Å². The molecule has 2 rings (SSSR count). The van der Waals surface area contributed by atoms with Gasteiger partial charge < -0.3 is 9.84 Å². The number of ether oxygens (including phenoxy) is 1. The smallest absolute Gasteiger partial charge is 0.425 e. The maximum absolute atomic E-state index is 12.0. The van der Waals surface area contributed by atoms with Crippen LogP contribution in [0.2, 0.25) is 0 Å². The lowest BCUT2D eigenvalue weighted by Crippen LogP contribution is -2.43. The first-order valence-corrected chi connectivity index (χ1v) is 6.60. The fourth-order valence-corrected chi connectivity index (χ4v) is 2.38. The normalized spacial score (nSPS) is 17.9. The maximum Gasteiger partial charge on any atom is 0.425 e. The molecule has 2 amide bonds. The van der Waals surface area contributed by atoms with E-state index in [9.17, 15) is 14.7 Å². The Morgan fingerprint density at radius 3 is 2.85 bits per heavy atom. The molecular formula is C13H13BrN2O4. The van der Waals surface area contributed by atoms with Crippen molar-refractivity contribution in [2.75, 3.05) is 4.90 Å². The van der Waals surface area contributed by atoms with Crippen molar-refractivity contribution in [3.8, 4) is 0 Å². The lowest BCUT2D eigenvalue weighted by Gasteiger charge is -2.32. The first-order valence-electron chi connectivity index (χ1n) is 5.81. The molecule has 1 N–H and O–H groups in total. The van der Waals surface area contributed by atoms with Crippen LogP contribution in [0.4, 0.5) is 15.4 Å². The molecule has 7 heteroatoms. The van der Waals surface area contributed by atoms with E-state index in [2.05, 4.69) is 27.5 Å². The second-order valence-electron chi connectivity index (χ2n) is 5.05. The first-order chi connectivity index (χ1) is 9.21. The number of hydrogen-bond acceptors (Lipinski definition) is 4. The SMILES string of the molecule is C=C1CC(C)(C)OC(=O)N(C(=O)O)c2ncc(Br)cc21. The van der Waals surface area contributed by atoms with Crippen LogP contribution in [0.3, 0.4) is 0 Å². The maximum atomic E-state index is 12.0. The summed E-state index contributed by atoms with van der Waals surface area (Å²) in [6, 6.07) is 1.69. The van der Waals surface area contributed by atoms with Crippen LogP contribution in [0.25, 0.3) is 5.57 Å². The Morgan fingerprint density at radius 2 is 2.25 bits per heavy atom. The minimum atomic E-state index is -1.45. The van der Waals surface area contributed by atoms with Crippen molar-refractivity contribution in [2.24, 2.45) is 0 Å². The number of anilines is 1. The molecule has 0 radical (unpaired) electrons. The molecule has 0 saturated carbocycles. The van der Waals surface area contributed by atoms with Crippen LogP contribution in [0.1, 0.15) is 25.8 Å². The lowest BCUT2D eigenvalue weighted by molar-refractivity contribution is 0.0473. The van der Waals surface area contributed by atoms with Crippen molar-refractivity contribution in [2.45, 2.75) is 25.9 Å². The van der Waals surface area contributed by atoms with Gasteiger partial charge in [0.05, 0.1) is 0 Å². The highest BCUT2D eigenvalue weighted by atomic mass is 79.9. The Labute approximate surface area is 124 Å². The molecule has 1 aromatic heterocycles. The Morgan fingerprint density at radius 1 is 1.60 bits per heavy atom. The third kappa shape index (κ3) is 2.67. The molecule has 0 unspecified atom stereocenters. The molecule has 0 aromatic carbocycles. The third-order valence-electron chi connectivity index (χ3n) is 2.80. The first kappa shape index (κ1) is 14.5. The molecule has 6 nitrogen and oxygen atoms in total. The largest absolute Gasteiger partial charge is 0.464 e. The highest BCUT2D eigenvalue weighted by molar-refractivity contribution is 9.10. The van der Waals surface area contributed by atoms with E-state index in [4.69, 9.17) is 4.74 Å². The molecule has 1 aliphatic rings. The number of carboxylic acid groups (broad SMARTS) is 1.